The Kier molecular flexibility index (Phi) is 4.75. The molecule has 1 amide bonds. The summed E-state index contributed by atoms with van der Waals surface area (Å²) >= 11 is 0. The number of nitrogens with zero attached hydrogens (tertiary/aromatic N) is 2. The SMILES string of the molecule is CC(C)Cc1cc(C(=O)O)ccc1NC(=O)c1nn(C)c2ccccc12. The highest BCUT2D eigenvalue weighted by Crippen LogP contribution is 2.24. The molecule has 1 aromatic heterocycles. The number of aromatic nitrogens is 2. The molecule has 0 aliphatic heterocycles. The third-order valence-corrected chi connectivity index (χ3v) is 4.20. The predicted molar refractivity (Wildman–Crippen MR) is 101 cm³/mol. The summed E-state index contributed by atoms with van der Waals surface area (Å²) in [7, 11) is 1.80. The second-order valence-corrected chi connectivity index (χ2v) is 6.72. The van der Waals surface area contributed by atoms with Gasteiger partial charge >= 0.3 is 5.97 Å². The van der Waals surface area contributed by atoms with Gasteiger partial charge in [0.2, 0.25) is 0 Å². The molecule has 0 saturated carbocycles. The molecular formula is C20H21N3O3. The Hall–Kier alpha value is -3.15. The Morgan fingerprint density at radius 2 is 1.92 bits per heavy atom. The molecule has 0 bridgehead atoms. The van der Waals surface area contributed by atoms with Gasteiger partial charge in [0.05, 0.1) is 11.1 Å². The number of nitrogens with one attached hydrogen (secondary N) is 1. The van der Waals surface area contributed by atoms with Gasteiger partial charge in [-0.3, -0.25) is 9.48 Å². The van der Waals surface area contributed by atoms with Crippen LogP contribution < -0.4 is 5.32 Å². The number of anilines is 1. The van der Waals surface area contributed by atoms with Gasteiger partial charge in [0, 0.05) is 18.1 Å². The van der Waals surface area contributed by atoms with Crippen molar-refractivity contribution in [3.05, 3.63) is 59.3 Å². The average Bonchev–Trinajstić information content (AvgIpc) is 2.93. The third-order valence-electron chi connectivity index (χ3n) is 4.20. The zero-order valence-corrected chi connectivity index (χ0v) is 15.0. The second kappa shape index (κ2) is 7.00. The molecule has 0 saturated heterocycles. The minimum Gasteiger partial charge on any atom is -0.478 e. The van der Waals surface area contributed by atoms with Crippen molar-refractivity contribution in [2.75, 3.05) is 5.32 Å². The summed E-state index contributed by atoms with van der Waals surface area (Å²) in [5, 5.41) is 17.2. The highest BCUT2D eigenvalue weighted by molar-refractivity contribution is 6.11. The molecule has 6 heteroatoms. The highest BCUT2D eigenvalue weighted by atomic mass is 16.4. The quantitative estimate of drug-likeness (QED) is 0.734. The first-order valence-electron chi connectivity index (χ1n) is 8.46. The van der Waals surface area contributed by atoms with Gasteiger partial charge in [-0.1, -0.05) is 32.0 Å². The van der Waals surface area contributed by atoms with Crippen molar-refractivity contribution >= 4 is 28.5 Å². The fourth-order valence-electron chi connectivity index (χ4n) is 3.02. The Morgan fingerprint density at radius 1 is 1.19 bits per heavy atom. The summed E-state index contributed by atoms with van der Waals surface area (Å²) < 4.78 is 1.67. The van der Waals surface area contributed by atoms with Crippen molar-refractivity contribution in [3.8, 4) is 0 Å². The number of para-hydroxylation sites is 1. The van der Waals surface area contributed by atoms with E-state index in [1.54, 1.807) is 23.9 Å². The fourth-order valence-corrected chi connectivity index (χ4v) is 3.02. The lowest BCUT2D eigenvalue weighted by Crippen LogP contribution is -2.15. The first-order valence-corrected chi connectivity index (χ1v) is 8.46. The molecule has 2 aromatic carbocycles. The smallest absolute Gasteiger partial charge is 0.335 e. The molecule has 0 aliphatic carbocycles. The molecule has 6 nitrogen and oxygen atoms in total. The molecule has 0 aliphatic rings. The van der Waals surface area contributed by atoms with Gasteiger partial charge in [0.1, 0.15) is 0 Å². The van der Waals surface area contributed by atoms with Crippen LogP contribution in [0.4, 0.5) is 5.69 Å². The standard InChI is InChI=1S/C20H21N3O3/c1-12(2)10-14-11-13(20(25)26)8-9-16(14)21-19(24)18-15-6-4-5-7-17(15)23(3)22-18/h4-9,11-12H,10H2,1-3H3,(H,21,24)(H,25,26). The first kappa shape index (κ1) is 17.7. The molecule has 2 N–H and O–H groups in total. The molecular weight excluding hydrogens is 330 g/mol. The van der Waals surface area contributed by atoms with E-state index in [0.717, 1.165) is 16.5 Å². The number of aryl methyl sites for hydroxylation is 1. The summed E-state index contributed by atoms with van der Waals surface area (Å²) in [4.78, 5) is 24.0. The van der Waals surface area contributed by atoms with Gasteiger partial charge in [0.15, 0.2) is 5.69 Å². The van der Waals surface area contributed by atoms with Crippen molar-refractivity contribution < 1.29 is 14.7 Å². The molecule has 1 heterocycles. The van der Waals surface area contributed by atoms with Gasteiger partial charge in [-0.05, 0) is 42.2 Å². The van der Waals surface area contributed by atoms with Crippen molar-refractivity contribution in [2.45, 2.75) is 20.3 Å². The molecule has 0 fully saturated rings. The van der Waals surface area contributed by atoms with Crippen LogP contribution in [0.25, 0.3) is 10.9 Å². The number of carboxylic acids is 1. The summed E-state index contributed by atoms with van der Waals surface area (Å²) in [6, 6.07) is 12.3. The number of aromatic carboxylic acids is 1. The maximum Gasteiger partial charge on any atom is 0.335 e. The number of hydrogen-bond donors (Lipinski definition) is 2. The van der Waals surface area contributed by atoms with E-state index in [0.29, 0.717) is 23.7 Å². The topological polar surface area (TPSA) is 84.2 Å². The third kappa shape index (κ3) is 3.44. The molecule has 0 unspecified atom stereocenters. The van der Waals surface area contributed by atoms with E-state index in [1.807, 2.05) is 38.1 Å². The van der Waals surface area contributed by atoms with E-state index in [2.05, 4.69) is 10.4 Å². The molecule has 3 aromatic rings. The van der Waals surface area contributed by atoms with Gasteiger partial charge in [0.25, 0.3) is 5.91 Å². The molecule has 134 valence electrons. The van der Waals surface area contributed by atoms with Crippen molar-refractivity contribution in [1.82, 2.24) is 9.78 Å². The summed E-state index contributed by atoms with van der Waals surface area (Å²) in [6.07, 6.45) is 0.666. The van der Waals surface area contributed by atoms with E-state index in [4.69, 9.17) is 0 Å². The molecule has 26 heavy (non-hydrogen) atoms. The number of amides is 1. The van der Waals surface area contributed by atoms with Crippen LogP contribution in [-0.4, -0.2) is 26.8 Å². The van der Waals surface area contributed by atoms with Crippen LogP contribution in [-0.2, 0) is 13.5 Å². The van der Waals surface area contributed by atoms with E-state index >= 15 is 0 Å². The van der Waals surface area contributed by atoms with Crippen LogP contribution in [0.15, 0.2) is 42.5 Å². The summed E-state index contributed by atoms with van der Waals surface area (Å²) in [5.41, 5.74) is 2.85. The van der Waals surface area contributed by atoms with Crippen LogP contribution in [0.1, 0.15) is 40.3 Å². The average molecular weight is 351 g/mol. The minimum atomic E-state index is -0.983. The molecule has 0 spiro atoms. The van der Waals surface area contributed by atoms with Gasteiger partial charge in [-0.25, -0.2) is 4.79 Å². The largest absolute Gasteiger partial charge is 0.478 e. The summed E-state index contributed by atoms with van der Waals surface area (Å²) in [6.45, 7) is 4.09. The van der Waals surface area contributed by atoms with Gasteiger partial charge < -0.3 is 10.4 Å². The van der Waals surface area contributed by atoms with Crippen molar-refractivity contribution in [2.24, 2.45) is 13.0 Å². The number of hydrogen-bond acceptors (Lipinski definition) is 3. The van der Waals surface area contributed by atoms with Crippen LogP contribution >= 0.6 is 0 Å². The Bertz CT molecular complexity index is 989. The van der Waals surface area contributed by atoms with E-state index in [9.17, 15) is 14.7 Å². The Morgan fingerprint density at radius 3 is 2.62 bits per heavy atom. The molecule has 0 atom stereocenters. The monoisotopic (exact) mass is 351 g/mol. The minimum absolute atomic E-state index is 0.210. The Labute approximate surface area is 151 Å². The van der Waals surface area contributed by atoms with E-state index in [-0.39, 0.29) is 11.5 Å². The zero-order chi connectivity index (χ0) is 18.8. The number of fused-ring (bicyclic) bond motifs is 1. The fraction of sp³-hybridized carbons (Fsp3) is 0.250. The summed E-state index contributed by atoms with van der Waals surface area (Å²) in [5.74, 6) is -0.969. The number of rotatable bonds is 5. The second-order valence-electron chi connectivity index (χ2n) is 6.72. The number of carbonyl (C=O) groups is 2. The van der Waals surface area contributed by atoms with Crippen LogP contribution in [0.2, 0.25) is 0 Å². The van der Waals surface area contributed by atoms with Gasteiger partial charge in [-0.15, -0.1) is 0 Å². The number of carboxylic acid groups (broad SMARTS) is 1. The van der Waals surface area contributed by atoms with Crippen LogP contribution in [0.3, 0.4) is 0 Å². The van der Waals surface area contributed by atoms with Crippen molar-refractivity contribution in [1.29, 1.82) is 0 Å². The lowest BCUT2D eigenvalue weighted by Gasteiger charge is -2.13. The first-order chi connectivity index (χ1) is 12.4. The van der Waals surface area contributed by atoms with Gasteiger partial charge in [-0.2, -0.15) is 5.10 Å². The maximum absolute atomic E-state index is 12.8. The number of carbonyl (C=O) groups excluding carboxylic acids is 1. The lowest BCUT2D eigenvalue weighted by atomic mass is 9.99. The van der Waals surface area contributed by atoms with Crippen LogP contribution in [0, 0.1) is 5.92 Å². The maximum atomic E-state index is 12.8. The van der Waals surface area contributed by atoms with E-state index < -0.39 is 5.97 Å². The zero-order valence-electron chi connectivity index (χ0n) is 15.0. The Balaban J connectivity index is 1.96. The lowest BCUT2D eigenvalue weighted by molar-refractivity contribution is 0.0696. The van der Waals surface area contributed by atoms with E-state index in [1.165, 1.54) is 6.07 Å². The highest BCUT2D eigenvalue weighted by Gasteiger charge is 2.18. The van der Waals surface area contributed by atoms with Crippen molar-refractivity contribution in [3.63, 3.8) is 0 Å². The number of benzene rings is 2. The predicted octanol–water partition coefficient (Wildman–Crippen LogP) is 3.72. The normalized spacial score (nSPS) is 11.1. The molecule has 3 rings (SSSR count). The van der Waals surface area contributed by atoms with Crippen LogP contribution in [0.5, 0.6) is 0 Å². The molecule has 0 radical (unpaired) electrons.